The summed E-state index contributed by atoms with van der Waals surface area (Å²) in [4.78, 5) is 12.7. The lowest BCUT2D eigenvalue weighted by Gasteiger charge is -2.18. The molecule has 0 saturated carbocycles. The van der Waals surface area contributed by atoms with E-state index in [9.17, 15) is 15.0 Å². The molecule has 0 aliphatic heterocycles. The number of benzene rings is 2. The Balaban J connectivity index is 2.24. The summed E-state index contributed by atoms with van der Waals surface area (Å²) >= 11 is 7.41. The number of carboxylic acids is 1. The summed E-state index contributed by atoms with van der Waals surface area (Å²) in [6.45, 7) is 6.45. The minimum absolute atomic E-state index is 0.131. The summed E-state index contributed by atoms with van der Waals surface area (Å²) in [5.41, 5.74) is 1.89. The highest BCUT2D eigenvalue weighted by molar-refractivity contribution is 8.00. The number of aromatic carboxylic acids is 1. The second kappa shape index (κ2) is 6.89. The molecule has 0 radical (unpaired) electrons. The van der Waals surface area contributed by atoms with Crippen molar-refractivity contribution in [1.29, 1.82) is 0 Å². The molecule has 0 amide bonds. The van der Waals surface area contributed by atoms with Gasteiger partial charge in [-0.3, -0.25) is 0 Å². The van der Waals surface area contributed by atoms with Crippen molar-refractivity contribution in [2.45, 2.75) is 37.0 Å². The molecule has 0 aliphatic rings. The second-order valence-electron chi connectivity index (χ2n) is 7.09. The van der Waals surface area contributed by atoms with Gasteiger partial charge in [0.2, 0.25) is 0 Å². The predicted molar refractivity (Wildman–Crippen MR) is 105 cm³/mol. The van der Waals surface area contributed by atoms with Crippen LogP contribution >= 0.6 is 23.4 Å². The quantitative estimate of drug-likeness (QED) is 0.638. The van der Waals surface area contributed by atoms with E-state index in [2.05, 4.69) is 0 Å². The first kappa shape index (κ1) is 18.7. The molecule has 4 nitrogen and oxygen atoms in total. The van der Waals surface area contributed by atoms with E-state index in [1.807, 2.05) is 32.9 Å². The molecule has 2 aromatic carbocycles. The maximum absolute atomic E-state index is 12.1. The number of aromatic nitrogens is 1. The fraction of sp³-hybridized carbons (Fsp3) is 0.250. The molecular formula is C20H19ClNO3S-. The molecule has 136 valence electrons. The molecule has 1 heterocycles. The minimum atomic E-state index is -1.01. The molecule has 0 fully saturated rings. The Morgan fingerprint density at radius 1 is 1.19 bits per heavy atom. The number of carboxylic acid groups (broad SMARTS) is 1. The van der Waals surface area contributed by atoms with Gasteiger partial charge in [-0.2, -0.15) is 0 Å². The number of fused-ring (bicyclic) bond motifs is 1. The molecule has 0 saturated heterocycles. The first-order valence-corrected chi connectivity index (χ1v) is 9.35. The standard InChI is InChI=1S/C20H20ClNO3S/c1-20(2,3)26-18-15-10-14(23)8-9-16(15)22(17(18)19(24)25)11-12-4-6-13(21)7-5-12/h4-10,23H,11H2,1-3H3,(H,24,25)/p-1. The van der Waals surface area contributed by atoms with Crippen molar-refractivity contribution in [2.24, 2.45) is 0 Å². The van der Waals surface area contributed by atoms with Crippen LogP contribution in [0.25, 0.3) is 10.9 Å². The Hall–Kier alpha value is -2.11. The van der Waals surface area contributed by atoms with Gasteiger partial charge in [-0.15, -0.1) is 17.5 Å². The Labute approximate surface area is 161 Å². The highest BCUT2D eigenvalue weighted by Crippen LogP contribution is 2.42. The number of hydrogen-bond acceptors (Lipinski definition) is 3. The van der Waals surface area contributed by atoms with Crippen LogP contribution in [0.1, 0.15) is 36.8 Å². The molecule has 0 unspecified atom stereocenters. The van der Waals surface area contributed by atoms with Crippen molar-refractivity contribution in [2.75, 3.05) is 0 Å². The summed E-state index contributed by atoms with van der Waals surface area (Å²) < 4.78 is 1.57. The number of nitrogens with zero attached hydrogens (tertiary/aromatic N) is 1. The van der Waals surface area contributed by atoms with Gasteiger partial charge in [0.25, 0.3) is 0 Å². The maximum Gasteiger partial charge on any atom is 0.353 e. The molecule has 26 heavy (non-hydrogen) atoms. The number of carbonyl (C=O) groups is 1. The number of rotatable bonds is 4. The van der Waals surface area contributed by atoms with E-state index in [1.54, 1.807) is 22.8 Å². The second-order valence-corrected chi connectivity index (χ2v) is 9.36. The van der Waals surface area contributed by atoms with E-state index in [0.717, 1.165) is 11.1 Å². The Bertz CT molecular complexity index is 971. The van der Waals surface area contributed by atoms with Gasteiger partial charge in [-0.05, 0) is 23.8 Å². The largest absolute Gasteiger partial charge is 0.872 e. The first-order chi connectivity index (χ1) is 12.2. The van der Waals surface area contributed by atoms with Crippen molar-refractivity contribution in [3.8, 4) is 5.75 Å². The Morgan fingerprint density at radius 3 is 2.42 bits per heavy atom. The molecule has 0 bridgehead atoms. The monoisotopic (exact) mass is 388 g/mol. The van der Waals surface area contributed by atoms with Gasteiger partial charge >= 0.3 is 5.97 Å². The van der Waals surface area contributed by atoms with Gasteiger partial charge in [0.05, 0.1) is 5.52 Å². The molecule has 3 rings (SSSR count). The maximum atomic E-state index is 12.1. The Kier molecular flexibility index (Phi) is 4.95. The first-order valence-electron chi connectivity index (χ1n) is 8.16. The molecule has 1 N–H and O–H groups in total. The summed E-state index contributed by atoms with van der Waals surface area (Å²) in [6, 6.07) is 12.0. The third-order valence-electron chi connectivity index (χ3n) is 3.85. The molecule has 0 spiro atoms. The third-order valence-corrected chi connectivity index (χ3v) is 5.33. The van der Waals surface area contributed by atoms with E-state index in [4.69, 9.17) is 11.6 Å². The highest BCUT2D eigenvalue weighted by atomic mass is 35.5. The average molecular weight is 389 g/mol. The third kappa shape index (κ3) is 3.84. The molecule has 0 aliphatic carbocycles. The van der Waals surface area contributed by atoms with Crippen LogP contribution in [-0.4, -0.2) is 20.4 Å². The summed E-state index contributed by atoms with van der Waals surface area (Å²) in [6.07, 6.45) is 0. The van der Waals surface area contributed by atoms with Crippen LogP contribution in [0.15, 0.2) is 47.4 Å². The molecule has 1 aromatic heterocycles. The van der Waals surface area contributed by atoms with Crippen LogP contribution in [-0.2, 0) is 6.54 Å². The van der Waals surface area contributed by atoms with Crippen molar-refractivity contribution < 1.29 is 15.0 Å². The lowest BCUT2D eigenvalue weighted by molar-refractivity contribution is -0.268. The van der Waals surface area contributed by atoms with Crippen LogP contribution in [0.3, 0.4) is 0 Å². The average Bonchev–Trinajstić information content (AvgIpc) is 2.81. The van der Waals surface area contributed by atoms with Crippen molar-refractivity contribution in [1.82, 2.24) is 4.57 Å². The van der Waals surface area contributed by atoms with Crippen molar-refractivity contribution >= 4 is 40.2 Å². The number of hydrogen-bond donors (Lipinski definition) is 1. The van der Waals surface area contributed by atoms with Gasteiger partial charge < -0.3 is 14.8 Å². The van der Waals surface area contributed by atoms with E-state index >= 15 is 0 Å². The van der Waals surface area contributed by atoms with E-state index in [-0.39, 0.29) is 16.2 Å². The van der Waals surface area contributed by atoms with Gasteiger partial charge in [0.15, 0.2) is 0 Å². The van der Waals surface area contributed by atoms with Gasteiger partial charge in [0, 0.05) is 26.6 Å². The zero-order valence-electron chi connectivity index (χ0n) is 14.7. The molecular weight excluding hydrogens is 370 g/mol. The zero-order chi connectivity index (χ0) is 19.1. The summed E-state index contributed by atoms with van der Waals surface area (Å²) in [7, 11) is 0. The lowest BCUT2D eigenvalue weighted by Crippen LogP contribution is -2.13. The fourth-order valence-corrected chi connectivity index (χ4v) is 4.17. The van der Waals surface area contributed by atoms with Crippen molar-refractivity contribution in [3.63, 3.8) is 0 Å². The van der Waals surface area contributed by atoms with Gasteiger partial charge in [0.1, 0.15) is 5.69 Å². The van der Waals surface area contributed by atoms with Crippen LogP contribution in [0, 0.1) is 0 Å². The lowest BCUT2D eigenvalue weighted by atomic mass is 10.2. The summed E-state index contributed by atoms with van der Waals surface area (Å²) in [5.74, 6) is -1.14. The van der Waals surface area contributed by atoms with Gasteiger partial charge in [-0.25, -0.2) is 4.79 Å². The van der Waals surface area contributed by atoms with Crippen LogP contribution in [0.4, 0.5) is 0 Å². The van der Waals surface area contributed by atoms with E-state index in [1.165, 1.54) is 23.9 Å². The number of halogens is 1. The SMILES string of the molecule is CC(C)(C)Sc1c(C(=O)O)n(Cc2ccc(Cl)cc2)c2ccc([O-])cc12. The fourth-order valence-electron chi connectivity index (χ4n) is 2.86. The molecule has 3 aromatic rings. The number of thioether (sulfide) groups is 1. The van der Waals surface area contributed by atoms with Gasteiger partial charge in [-0.1, -0.05) is 56.6 Å². The van der Waals surface area contributed by atoms with Crippen LogP contribution < -0.4 is 5.11 Å². The smallest absolute Gasteiger partial charge is 0.353 e. The van der Waals surface area contributed by atoms with Crippen LogP contribution in [0.2, 0.25) is 5.02 Å². The van der Waals surface area contributed by atoms with E-state index in [0.29, 0.717) is 21.8 Å². The zero-order valence-corrected chi connectivity index (χ0v) is 16.3. The normalized spacial score (nSPS) is 11.8. The van der Waals surface area contributed by atoms with E-state index < -0.39 is 5.97 Å². The molecule has 0 atom stereocenters. The topological polar surface area (TPSA) is 65.3 Å². The minimum Gasteiger partial charge on any atom is -0.872 e. The van der Waals surface area contributed by atoms with Crippen LogP contribution in [0.5, 0.6) is 5.75 Å². The molecule has 6 heteroatoms. The predicted octanol–water partition coefficient (Wildman–Crippen LogP) is 5.01. The van der Waals surface area contributed by atoms with Crippen molar-refractivity contribution in [3.05, 3.63) is 58.7 Å². The highest BCUT2D eigenvalue weighted by Gasteiger charge is 2.26. The Morgan fingerprint density at radius 2 is 1.85 bits per heavy atom. The summed E-state index contributed by atoms with van der Waals surface area (Å²) in [5, 5.41) is 23.1.